The number of pyridine rings is 1. The van der Waals surface area contributed by atoms with E-state index in [4.69, 9.17) is 0 Å². The van der Waals surface area contributed by atoms with Gasteiger partial charge in [-0.05, 0) is 17.7 Å². The van der Waals surface area contributed by atoms with Crippen LogP contribution in [0.25, 0.3) is 11.7 Å². The normalized spacial score (nSPS) is 17.2. The van der Waals surface area contributed by atoms with E-state index in [-0.39, 0.29) is 18.2 Å². The first-order chi connectivity index (χ1) is 15.2. The quantitative estimate of drug-likeness (QED) is 0.587. The van der Waals surface area contributed by atoms with Crippen LogP contribution in [0.2, 0.25) is 0 Å². The van der Waals surface area contributed by atoms with Crippen molar-refractivity contribution in [2.24, 2.45) is 0 Å². The third kappa shape index (κ3) is 5.58. The van der Waals surface area contributed by atoms with Gasteiger partial charge in [-0.3, -0.25) is 14.5 Å². The lowest BCUT2D eigenvalue weighted by atomic mass is 10.1. The van der Waals surface area contributed by atoms with Crippen LogP contribution in [0.4, 0.5) is 0 Å². The molecule has 3 heterocycles. The van der Waals surface area contributed by atoms with Crippen molar-refractivity contribution in [2.75, 3.05) is 26.2 Å². The monoisotopic (exact) mass is 417 g/mol. The van der Waals surface area contributed by atoms with Gasteiger partial charge in [-0.15, -0.1) is 0 Å². The van der Waals surface area contributed by atoms with Crippen LogP contribution in [-0.2, 0) is 16.0 Å². The third-order valence-corrected chi connectivity index (χ3v) is 5.39. The average Bonchev–Trinajstić information content (AvgIpc) is 3.19. The Morgan fingerprint density at radius 1 is 1.19 bits per heavy atom. The molecular weight excluding hydrogens is 390 g/mol. The number of amides is 2. The molecule has 0 bridgehead atoms. The smallest absolute Gasteiger partial charge is 0.237 e. The Labute approximate surface area is 181 Å². The van der Waals surface area contributed by atoms with E-state index in [2.05, 4.69) is 20.5 Å². The van der Waals surface area contributed by atoms with E-state index in [1.807, 2.05) is 77.5 Å². The maximum atomic E-state index is 12.5. The summed E-state index contributed by atoms with van der Waals surface area (Å²) in [7, 11) is 0. The number of carbonyl (C=O) groups excluding carboxylic acids is 2. The molecule has 4 rings (SSSR count). The summed E-state index contributed by atoms with van der Waals surface area (Å²) in [5, 5.41) is 5.81. The molecule has 2 aromatic heterocycles. The van der Waals surface area contributed by atoms with Gasteiger partial charge in [0.2, 0.25) is 11.8 Å². The molecular formula is C24H27N5O2. The standard InChI is InChI=1S/C24H27N5O2/c30-23(25-12-11-20-18-29-14-5-4-10-22(29)27-20)17-21-24(31)26-13-16-28(21)15-6-9-19-7-2-1-3-8-19/h1-10,14,18,21H,11-13,15-17H2,(H,25,30)(H,26,31). The highest BCUT2D eigenvalue weighted by atomic mass is 16.2. The Morgan fingerprint density at radius 3 is 2.87 bits per heavy atom. The minimum Gasteiger partial charge on any atom is -0.356 e. The Balaban J connectivity index is 1.28. The first-order valence-corrected chi connectivity index (χ1v) is 10.6. The number of rotatable bonds is 8. The number of piperazine rings is 1. The molecule has 3 aromatic rings. The van der Waals surface area contributed by atoms with Gasteiger partial charge < -0.3 is 15.0 Å². The number of imidazole rings is 1. The topological polar surface area (TPSA) is 78.7 Å². The molecule has 160 valence electrons. The van der Waals surface area contributed by atoms with Gasteiger partial charge in [0.25, 0.3) is 0 Å². The van der Waals surface area contributed by atoms with E-state index in [9.17, 15) is 9.59 Å². The van der Waals surface area contributed by atoms with Crippen LogP contribution in [0.1, 0.15) is 17.7 Å². The minimum atomic E-state index is -0.454. The largest absolute Gasteiger partial charge is 0.356 e. The molecule has 1 unspecified atom stereocenters. The number of nitrogens with one attached hydrogen (secondary N) is 2. The second kappa shape index (κ2) is 10.0. The Kier molecular flexibility index (Phi) is 6.74. The summed E-state index contributed by atoms with van der Waals surface area (Å²) >= 11 is 0. The maximum absolute atomic E-state index is 12.5. The molecule has 31 heavy (non-hydrogen) atoms. The molecule has 0 aliphatic carbocycles. The van der Waals surface area contributed by atoms with Crippen LogP contribution >= 0.6 is 0 Å². The molecule has 2 N–H and O–H groups in total. The van der Waals surface area contributed by atoms with Crippen molar-refractivity contribution in [1.82, 2.24) is 24.9 Å². The summed E-state index contributed by atoms with van der Waals surface area (Å²) < 4.78 is 1.96. The van der Waals surface area contributed by atoms with Crippen molar-refractivity contribution in [3.05, 3.63) is 78.3 Å². The zero-order valence-electron chi connectivity index (χ0n) is 17.4. The highest BCUT2D eigenvalue weighted by Crippen LogP contribution is 2.10. The van der Waals surface area contributed by atoms with Crippen LogP contribution in [0.5, 0.6) is 0 Å². The van der Waals surface area contributed by atoms with Crippen molar-refractivity contribution >= 4 is 23.5 Å². The van der Waals surface area contributed by atoms with Crippen molar-refractivity contribution in [3.8, 4) is 0 Å². The predicted molar refractivity (Wildman–Crippen MR) is 120 cm³/mol. The Bertz CT molecular complexity index is 1030. The molecule has 1 fully saturated rings. The lowest BCUT2D eigenvalue weighted by Crippen LogP contribution is -2.56. The number of benzene rings is 1. The molecule has 0 saturated carbocycles. The molecule has 1 aliphatic rings. The number of carbonyl (C=O) groups is 2. The molecule has 7 nitrogen and oxygen atoms in total. The fourth-order valence-electron chi connectivity index (χ4n) is 3.78. The summed E-state index contributed by atoms with van der Waals surface area (Å²) in [4.78, 5) is 31.5. The van der Waals surface area contributed by atoms with Crippen molar-refractivity contribution in [2.45, 2.75) is 18.9 Å². The predicted octanol–water partition coefficient (Wildman–Crippen LogP) is 1.90. The first kappa shape index (κ1) is 20.8. The zero-order valence-corrected chi connectivity index (χ0v) is 17.4. The summed E-state index contributed by atoms with van der Waals surface area (Å²) in [6.45, 7) is 2.44. The second-order valence-corrected chi connectivity index (χ2v) is 7.62. The van der Waals surface area contributed by atoms with E-state index in [0.29, 0.717) is 26.1 Å². The van der Waals surface area contributed by atoms with Crippen molar-refractivity contribution < 1.29 is 9.59 Å². The van der Waals surface area contributed by atoms with E-state index in [0.717, 1.165) is 23.4 Å². The summed E-state index contributed by atoms with van der Waals surface area (Å²) in [6.07, 6.45) is 8.80. The molecule has 1 aromatic carbocycles. The van der Waals surface area contributed by atoms with Gasteiger partial charge in [-0.1, -0.05) is 48.6 Å². The van der Waals surface area contributed by atoms with Crippen LogP contribution in [0, 0.1) is 0 Å². The molecule has 1 aliphatic heterocycles. The number of hydrogen-bond donors (Lipinski definition) is 2. The summed E-state index contributed by atoms with van der Waals surface area (Å²) in [5.74, 6) is -0.210. The number of nitrogens with zero attached hydrogens (tertiary/aromatic N) is 3. The maximum Gasteiger partial charge on any atom is 0.237 e. The first-order valence-electron chi connectivity index (χ1n) is 10.6. The summed E-state index contributed by atoms with van der Waals surface area (Å²) in [5.41, 5.74) is 2.93. The SMILES string of the molecule is O=C(CC1C(=O)NCCN1CC=Cc1ccccc1)NCCc1cn2ccccc2n1. The van der Waals surface area contributed by atoms with Crippen LogP contribution in [0.15, 0.2) is 67.0 Å². The van der Waals surface area contributed by atoms with Crippen LogP contribution < -0.4 is 10.6 Å². The van der Waals surface area contributed by atoms with E-state index >= 15 is 0 Å². The van der Waals surface area contributed by atoms with Crippen molar-refractivity contribution in [1.29, 1.82) is 0 Å². The lowest BCUT2D eigenvalue weighted by Gasteiger charge is -2.33. The fraction of sp³-hybridized carbons (Fsp3) is 0.292. The van der Waals surface area contributed by atoms with Gasteiger partial charge in [-0.2, -0.15) is 0 Å². The van der Waals surface area contributed by atoms with Crippen LogP contribution in [0.3, 0.4) is 0 Å². The highest BCUT2D eigenvalue weighted by Gasteiger charge is 2.30. The highest BCUT2D eigenvalue weighted by molar-refractivity contribution is 5.88. The van der Waals surface area contributed by atoms with Gasteiger partial charge in [0.1, 0.15) is 5.65 Å². The van der Waals surface area contributed by atoms with Crippen LogP contribution in [-0.4, -0.2) is 58.3 Å². The van der Waals surface area contributed by atoms with Crippen molar-refractivity contribution in [3.63, 3.8) is 0 Å². The fourth-order valence-corrected chi connectivity index (χ4v) is 3.78. The molecule has 1 atom stereocenters. The molecule has 2 amide bonds. The van der Waals surface area contributed by atoms with Gasteiger partial charge >= 0.3 is 0 Å². The second-order valence-electron chi connectivity index (χ2n) is 7.62. The molecule has 0 radical (unpaired) electrons. The molecule has 0 spiro atoms. The Morgan fingerprint density at radius 2 is 2.03 bits per heavy atom. The third-order valence-electron chi connectivity index (χ3n) is 5.39. The van der Waals surface area contributed by atoms with Gasteiger partial charge in [0.05, 0.1) is 18.2 Å². The number of hydrogen-bond acceptors (Lipinski definition) is 4. The molecule has 1 saturated heterocycles. The van der Waals surface area contributed by atoms with Gasteiger partial charge in [0, 0.05) is 45.0 Å². The zero-order chi connectivity index (χ0) is 21.5. The number of aromatic nitrogens is 2. The van der Waals surface area contributed by atoms with E-state index < -0.39 is 6.04 Å². The molecule has 7 heteroatoms. The average molecular weight is 418 g/mol. The number of fused-ring (bicyclic) bond motifs is 1. The van der Waals surface area contributed by atoms with Gasteiger partial charge in [0.15, 0.2) is 0 Å². The lowest BCUT2D eigenvalue weighted by molar-refractivity contribution is -0.133. The summed E-state index contributed by atoms with van der Waals surface area (Å²) in [6, 6.07) is 15.4. The van der Waals surface area contributed by atoms with E-state index in [1.165, 1.54) is 0 Å². The minimum absolute atomic E-state index is 0.0881. The van der Waals surface area contributed by atoms with E-state index in [1.54, 1.807) is 0 Å². The van der Waals surface area contributed by atoms with Gasteiger partial charge in [-0.25, -0.2) is 4.98 Å². The Hall–Kier alpha value is -3.45.